The summed E-state index contributed by atoms with van der Waals surface area (Å²) in [5.74, 6) is 0.172. The predicted octanol–water partition coefficient (Wildman–Crippen LogP) is 3.11. The second kappa shape index (κ2) is 7.77. The highest BCUT2D eigenvalue weighted by atomic mass is 16.2. The van der Waals surface area contributed by atoms with Gasteiger partial charge in [0, 0.05) is 24.7 Å². The molecule has 1 aliphatic rings. The molecule has 3 rings (SSSR count). The molecular weight excluding hydrogens is 300 g/mol. The minimum atomic E-state index is -0.0222. The van der Waals surface area contributed by atoms with Gasteiger partial charge >= 0.3 is 0 Å². The fourth-order valence-corrected chi connectivity index (χ4v) is 3.04. The summed E-state index contributed by atoms with van der Waals surface area (Å²) < 4.78 is 0. The Morgan fingerprint density at radius 1 is 0.917 bits per heavy atom. The normalized spacial score (nSPS) is 15.1. The maximum absolute atomic E-state index is 12.4. The molecular formula is C20H22N2O2. The lowest BCUT2D eigenvalue weighted by Gasteiger charge is -2.31. The van der Waals surface area contributed by atoms with Gasteiger partial charge in [0.25, 0.3) is 0 Å². The van der Waals surface area contributed by atoms with Crippen molar-refractivity contribution in [2.75, 3.05) is 18.4 Å². The first-order valence-corrected chi connectivity index (χ1v) is 8.40. The van der Waals surface area contributed by atoms with Gasteiger partial charge < -0.3 is 10.2 Å². The fraction of sp³-hybridized carbons (Fsp3) is 0.300. The Morgan fingerprint density at radius 2 is 1.50 bits per heavy atom. The molecule has 1 fully saturated rings. The Hall–Kier alpha value is -2.62. The Labute approximate surface area is 142 Å². The number of rotatable bonds is 4. The van der Waals surface area contributed by atoms with E-state index in [4.69, 9.17) is 0 Å². The van der Waals surface area contributed by atoms with Crippen LogP contribution in [0.3, 0.4) is 0 Å². The first-order chi connectivity index (χ1) is 11.7. The minimum absolute atomic E-state index is 0.0222. The molecule has 0 aliphatic carbocycles. The zero-order valence-corrected chi connectivity index (χ0v) is 13.7. The van der Waals surface area contributed by atoms with Crippen molar-refractivity contribution in [3.05, 3.63) is 66.2 Å². The molecule has 1 N–H and O–H groups in total. The van der Waals surface area contributed by atoms with Crippen LogP contribution in [-0.4, -0.2) is 29.8 Å². The van der Waals surface area contributed by atoms with E-state index in [2.05, 4.69) is 5.32 Å². The molecule has 1 aliphatic heterocycles. The molecule has 4 nitrogen and oxygen atoms in total. The van der Waals surface area contributed by atoms with Crippen molar-refractivity contribution in [2.24, 2.45) is 5.92 Å². The van der Waals surface area contributed by atoms with Crippen LogP contribution in [0, 0.1) is 5.92 Å². The lowest BCUT2D eigenvalue weighted by molar-refractivity contribution is -0.133. The third kappa shape index (κ3) is 4.22. The molecule has 0 aromatic heterocycles. The average molecular weight is 322 g/mol. The molecule has 4 heteroatoms. The summed E-state index contributed by atoms with van der Waals surface area (Å²) >= 11 is 0. The number of carbonyl (C=O) groups is 2. The van der Waals surface area contributed by atoms with Gasteiger partial charge in [-0.3, -0.25) is 9.59 Å². The maximum Gasteiger partial charge on any atom is 0.227 e. The molecule has 0 saturated carbocycles. The Balaban J connectivity index is 1.48. The summed E-state index contributed by atoms with van der Waals surface area (Å²) in [6, 6.07) is 19.3. The summed E-state index contributed by atoms with van der Waals surface area (Å²) in [7, 11) is 0. The second-order valence-electron chi connectivity index (χ2n) is 6.17. The van der Waals surface area contributed by atoms with Gasteiger partial charge in [-0.05, 0) is 30.5 Å². The number of nitrogens with zero attached hydrogens (tertiary/aromatic N) is 1. The summed E-state index contributed by atoms with van der Waals surface area (Å²) in [6.45, 7) is 1.30. The number of para-hydroxylation sites is 1. The van der Waals surface area contributed by atoms with Crippen molar-refractivity contribution in [3.63, 3.8) is 0 Å². The van der Waals surface area contributed by atoms with E-state index in [0.717, 1.165) is 24.1 Å². The number of amides is 2. The number of carbonyl (C=O) groups excluding carboxylic acids is 2. The van der Waals surface area contributed by atoms with E-state index in [9.17, 15) is 9.59 Å². The number of hydrogen-bond acceptors (Lipinski definition) is 2. The van der Waals surface area contributed by atoms with Crippen molar-refractivity contribution in [1.29, 1.82) is 0 Å². The number of anilines is 1. The number of piperidine rings is 1. The summed E-state index contributed by atoms with van der Waals surface area (Å²) in [5, 5.41) is 2.95. The molecule has 2 amide bonds. The monoisotopic (exact) mass is 322 g/mol. The van der Waals surface area contributed by atoms with E-state index in [1.54, 1.807) is 0 Å². The quantitative estimate of drug-likeness (QED) is 0.940. The standard InChI is InChI=1S/C20H22N2O2/c23-19(15-16-7-3-1-4-8-16)22-13-11-17(12-14-22)20(24)21-18-9-5-2-6-10-18/h1-10,17H,11-15H2,(H,21,24). The van der Waals surface area contributed by atoms with Crippen LogP contribution in [0.25, 0.3) is 0 Å². The lowest BCUT2D eigenvalue weighted by Crippen LogP contribution is -2.42. The molecule has 1 heterocycles. The van der Waals surface area contributed by atoms with Crippen molar-refractivity contribution in [2.45, 2.75) is 19.3 Å². The molecule has 1 saturated heterocycles. The highest BCUT2D eigenvalue weighted by Crippen LogP contribution is 2.20. The van der Waals surface area contributed by atoms with Crippen molar-refractivity contribution < 1.29 is 9.59 Å². The van der Waals surface area contributed by atoms with Crippen LogP contribution in [-0.2, 0) is 16.0 Å². The van der Waals surface area contributed by atoms with E-state index in [0.29, 0.717) is 19.5 Å². The third-order valence-electron chi connectivity index (χ3n) is 4.46. The van der Waals surface area contributed by atoms with Gasteiger partial charge in [0.05, 0.1) is 6.42 Å². The van der Waals surface area contributed by atoms with Crippen molar-refractivity contribution in [3.8, 4) is 0 Å². The fourth-order valence-electron chi connectivity index (χ4n) is 3.04. The minimum Gasteiger partial charge on any atom is -0.342 e. The van der Waals surface area contributed by atoms with Gasteiger partial charge in [-0.25, -0.2) is 0 Å². The molecule has 0 unspecified atom stereocenters. The van der Waals surface area contributed by atoms with Gasteiger partial charge in [-0.2, -0.15) is 0 Å². The highest BCUT2D eigenvalue weighted by molar-refractivity contribution is 5.92. The Morgan fingerprint density at radius 3 is 2.12 bits per heavy atom. The van der Waals surface area contributed by atoms with Gasteiger partial charge in [0.15, 0.2) is 0 Å². The van der Waals surface area contributed by atoms with E-state index in [1.165, 1.54) is 0 Å². The van der Waals surface area contributed by atoms with Crippen LogP contribution in [0.2, 0.25) is 0 Å². The zero-order chi connectivity index (χ0) is 16.8. The second-order valence-corrected chi connectivity index (χ2v) is 6.17. The van der Waals surface area contributed by atoms with Crippen LogP contribution < -0.4 is 5.32 Å². The molecule has 0 bridgehead atoms. The van der Waals surface area contributed by atoms with Crippen molar-refractivity contribution in [1.82, 2.24) is 4.90 Å². The molecule has 124 valence electrons. The SMILES string of the molecule is O=C(Nc1ccccc1)C1CCN(C(=O)Cc2ccccc2)CC1. The highest BCUT2D eigenvalue weighted by Gasteiger charge is 2.27. The zero-order valence-electron chi connectivity index (χ0n) is 13.7. The number of nitrogens with one attached hydrogen (secondary N) is 1. The molecule has 0 radical (unpaired) electrons. The Bertz CT molecular complexity index is 616. The van der Waals surface area contributed by atoms with Gasteiger partial charge in [-0.1, -0.05) is 48.5 Å². The van der Waals surface area contributed by atoms with E-state index in [-0.39, 0.29) is 17.7 Å². The molecule has 2 aromatic rings. The number of benzene rings is 2. The smallest absolute Gasteiger partial charge is 0.227 e. The van der Waals surface area contributed by atoms with Crippen LogP contribution in [0.5, 0.6) is 0 Å². The van der Waals surface area contributed by atoms with E-state index in [1.807, 2.05) is 65.6 Å². The van der Waals surface area contributed by atoms with Crippen LogP contribution in [0.1, 0.15) is 18.4 Å². The lowest BCUT2D eigenvalue weighted by atomic mass is 9.95. The first kappa shape index (κ1) is 16.2. The van der Waals surface area contributed by atoms with Crippen LogP contribution in [0.4, 0.5) is 5.69 Å². The molecule has 2 aromatic carbocycles. The van der Waals surface area contributed by atoms with Crippen molar-refractivity contribution >= 4 is 17.5 Å². The van der Waals surface area contributed by atoms with Gasteiger partial charge in [0.1, 0.15) is 0 Å². The maximum atomic E-state index is 12.4. The van der Waals surface area contributed by atoms with Gasteiger partial charge in [0.2, 0.25) is 11.8 Å². The predicted molar refractivity (Wildman–Crippen MR) is 94.5 cm³/mol. The molecule has 24 heavy (non-hydrogen) atoms. The third-order valence-corrected chi connectivity index (χ3v) is 4.46. The van der Waals surface area contributed by atoms with Gasteiger partial charge in [-0.15, -0.1) is 0 Å². The molecule has 0 spiro atoms. The van der Waals surface area contributed by atoms with Crippen LogP contribution >= 0.6 is 0 Å². The van der Waals surface area contributed by atoms with E-state index >= 15 is 0 Å². The Kier molecular flexibility index (Phi) is 5.26. The first-order valence-electron chi connectivity index (χ1n) is 8.40. The average Bonchev–Trinajstić information content (AvgIpc) is 2.63. The van der Waals surface area contributed by atoms with E-state index < -0.39 is 0 Å². The molecule has 0 atom stereocenters. The largest absolute Gasteiger partial charge is 0.342 e. The van der Waals surface area contributed by atoms with Crippen LogP contribution in [0.15, 0.2) is 60.7 Å². The summed E-state index contributed by atoms with van der Waals surface area (Å²) in [6.07, 6.45) is 1.88. The number of hydrogen-bond donors (Lipinski definition) is 1. The summed E-state index contributed by atoms with van der Waals surface area (Å²) in [4.78, 5) is 26.6. The summed E-state index contributed by atoms with van der Waals surface area (Å²) in [5.41, 5.74) is 1.86. The topological polar surface area (TPSA) is 49.4 Å². The number of likely N-dealkylation sites (tertiary alicyclic amines) is 1.